The van der Waals surface area contributed by atoms with Crippen LogP contribution in [0.4, 0.5) is 11.6 Å². The predicted molar refractivity (Wildman–Crippen MR) is 118 cm³/mol. The molecule has 4 heterocycles. The molecule has 19 heteroatoms. The highest BCUT2D eigenvalue weighted by Gasteiger charge is 2.48. The van der Waals surface area contributed by atoms with Gasteiger partial charge in [-0.15, -0.1) is 0 Å². The van der Waals surface area contributed by atoms with Crippen molar-refractivity contribution in [3.05, 3.63) is 34.1 Å². The molecule has 1 saturated heterocycles. The third-order valence-electron chi connectivity index (χ3n) is 5.24. The number of nitrogens with one attached hydrogen (secondary N) is 3. The van der Waals surface area contributed by atoms with Gasteiger partial charge >= 0.3 is 7.82 Å². The number of carbonyl (C=O) groups is 1. The van der Waals surface area contributed by atoms with Crippen molar-refractivity contribution in [1.82, 2.24) is 29.9 Å². The number of aromatic hydroxyl groups is 1. The molecule has 0 radical (unpaired) electrons. The number of hydrogen-bond acceptors (Lipinski definition) is 13. The van der Waals surface area contributed by atoms with Crippen LogP contribution in [0, 0.1) is 6.92 Å². The summed E-state index contributed by atoms with van der Waals surface area (Å²) in [6.07, 6.45) is -4.13. The van der Waals surface area contributed by atoms with Crippen molar-refractivity contribution in [3.8, 4) is 5.75 Å². The number of aromatic amines is 1. The predicted octanol–water partition coefficient (Wildman–Crippen LogP) is -2.52. The van der Waals surface area contributed by atoms with Gasteiger partial charge in [-0.25, -0.2) is 9.55 Å². The molecule has 1 aliphatic rings. The molecule has 0 aliphatic carbocycles. The number of imidazole rings is 1. The molecule has 0 spiro atoms. The van der Waals surface area contributed by atoms with E-state index in [9.17, 15) is 29.5 Å². The highest BCUT2D eigenvalue weighted by molar-refractivity contribution is 7.46. The van der Waals surface area contributed by atoms with Crippen molar-refractivity contribution in [2.75, 3.05) is 11.2 Å². The van der Waals surface area contributed by atoms with Crippen LogP contribution in [-0.2, 0) is 25.2 Å². The second-order valence-electron chi connectivity index (χ2n) is 7.67. The van der Waals surface area contributed by atoms with Gasteiger partial charge < -0.3 is 35.6 Å². The number of aryl methyl sites for hydroxylation is 1. The van der Waals surface area contributed by atoms with Crippen molar-refractivity contribution in [2.45, 2.75) is 38.1 Å². The van der Waals surface area contributed by atoms with E-state index in [-0.39, 0.29) is 34.1 Å². The first kappa shape index (κ1) is 25.5. The molecular formula is C17H21N8O10P. The van der Waals surface area contributed by atoms with Crippen molar-refractivity contribution in [2.24, 2.45) is 0 Å². The van der Waals surface area contributed by atoms with E-state index in [0.717, 1.165) is 17.1 Å². The molecule has 36 heavy (non-hydrogen) atoms. The van der Waals surface area contributed by atoms with Crippen molar-refractivity contribution in [3.63, 3.8) is 0 Å². The van der Waals surface area contributed by atoms with Crippen LogP contribution in [0.3, 0.4) is 0 Å². The molecule has 0 aromatic carbocycles. The first-order chi connectivity index (χ1) is 16.9. The fourth-order valence-corrected chi connectivity index (χ4v) is 3.77. The number of pyridine rings is 1. The number of hydrogen-bond donors (Lipinski definition) is 9. The number of rotatable bonds is 7. The third kappa shape index (κ3) is 4.86. The Bertz CT molecular complexity index is 1420. The zero-order chi connectivity index (χ0) is 26.4. The topological polar surface area (TPSA) is 280 Å². The molecule has 0 unspecified atom stereocenters. The number of amides is 1. The molecule has 0 bridgehead atoms. The largest absolute Gasteiger partial charge is 0.504 e. The molecule has 194 valence electrons. The SMILES string of the molecule is Cc1ncc(COP(=O)(O)O)c(NNC(=O)[C@H]2O[C@@H](n3cnc4c(=O)[nH]c(N)nc43)[C@H](O)[C@@H]2O)c1O. The van der Waals surface area contributed by atoms with Crippen molar-refractivity contribution >= 4 is 36.5 Å². The molecule has 18 nitrogen and oxygen atoms in total. The Kier molecular flexibility index (Phi) is 6.67. The number of phosphoric ester groups is 1. The van der Waals surface area contributed by atoms with Crippen molar-refractivity contribution < 1.29 is 43.7 Å². The maximum atomic E-state index is 12.7. The minimum atomic E-state index is -4.85. The molecule has 0 saturated carbocycles. The fourth-order valence-electron chi connectivity index (χ4n) is 3.47. The Balaban J connectivity index is 1.52. The Morgan fingerprint density at radius 3 is 2.75 bits per heavy atom. The zero-order valence-corrected chi connectivity index (χ0v) is 19.2. The number of anilines is 2. The lowest BCUT2D eigenvalue weighted by molar-refractivity contribution is -0.137. The molecule has 4 rings (SSSR count). The van der Waals surface area contributed by atoms with Crippen LogP contribution in [-0.4, -0.2) is 73.8 Å². The summed E-state index contributed by atoms with van der Waals surface area (Å²) in [6.45, 7) is 0.762. The van der Waals surface area contributed by atoms with Gasteiger partial charge in [0.1, 0.15) is 17.9 Å². The van der Waals surface area contributed by atoms with E-state index in [1.165, 1.54) is 6.92 Å². The summed E-state index contributed by atoms with van der Waals surface area (Å²) in [7, 11) is -4.85. The van der Waals surface area contributed by atoms with Gasteiger partial charge in [-0.1, -0.05) is 0 Å². The smallest absolute Gasteiger partial charge is 0.469 e. The fraction of sp³-hybridized carbons (Fsp3) is 0.353. The molecule has 1 fully saturated rings. The first-order valence-corrected chi connectivity index (χ1v) is 11.6. The standard InChI is InChI=1S/C17H21N8O10P/c1-5-9(26)7(6(2-19-5)3-34-36(31,32)33)23-24-15(30)12-10(27)11(28)16(35-12)25-4-20-8-13(25)21-17(18)22-14(8)29/h2,4,10-12,16,26-28H,3H2,1H3,(H,19,23)(H,24,30)(H2,31,32,33)(H3,18,21,22,29)/t10-,11+,12-,16+/m0/s1. The highest BCUT2D eigenvalue weighted by Crippen LogP contribution is 2.39. The van der Waals surface area contributed by atoms with Crippen molar-refractivity contribution in [1.29, 1.82) is 0 Å². The van der Waals surface area contributed by atoms with Crippen LogP contribution >= 0.6 is 7.82 Å². The summed E-state index contributed by atoms with van der Waals surface area (Å²) in [4.78, 5) is 56.5. The van der Waals surface area contributed by atoms with Crippen LogP contribution in [0.25, 0.3) is 11.2 Å². The number of nitrogen functional groups attached to an aromatic ring is 1. The molecular weight excluding hydrogens is 507 g/mol. The van der Waals surface area contributed by atoms with E-state index in [4.69, 9.17) is 20.3 Å². The minimum absolute atomic E-state index is 0.0219. The van der Waals surface area contributed by atoms with Crippen LogP contribution in [0.2, 0.25) is 0 Å². The summed E-state index contributed by atoms with van der Waals surface area (Å²) in [5.74, 6) is -1.67. The molecule has 3 aromatic heterocycles. The van der Waals surface area contributed by atoms with Gasteiger partial charge in [-0.3, -0.25) is 39.5 Å². The van der Waals surface area contributed by atoms with Crippen LogP contribution in [0.1, 0.15) is 17.5 Å². The highest BCUT2D eigenvalue weighted by atomic mass is 31.2. The summed E-state index contributed by atoms with van der Waals surface area (Å²) in [6, 6.07) is 0. The Morgan fingerprint density at radius 1 is 1.33 bits per heavy atom. The maximum Gasteiger partial charge on any atom is 0.469 e. The summed E-state index contributed by atoms with van der Waals surface area (Å²) in [5.41, 5.74) is 9.21. The van der Waals surface area contributed by atoms with E-state index < -0.39 is 56.2 Å². The normalized spacial score (nSPS) is 22.1. The number of fused-ring (bicyclic) bond motifs is 1. The number of hydrazine groups is 1. The zero-order valence-electron chi connectivity index (χ0n) is 18.3. The number of ether oxygens (including phenoxy) is 1. The van der Waals surface area contributed by atoms with Crippen LogP contribution in [0.15, 0.2) is 17.3 Å². The summed E-state index contributed by atoms with van der Waals surface area (Å²) in [5, 5.41) is 31.2. The van der Waals surface area contributed by atoms with Gasteiger partial charge in [0, 0.05) is 11.8 Å². The number of nitrogens with zero attached hydrogens (tertiary/aromatic N) is 4. The van der Waals surface area contributed by atoms with Crippen LogP contribution < -0.4 is 22.1 Å². The van der Waals surface area contributed by atoms with Crippen LogP contribution in [0.5, 0.6) is 5.75 Å². The van der Waals surface area contributed by atoms with E-state index in [1.54, 1.807) is 0 Å². The van der Waals surface area contributed by atoms with E-state index in [1.807, 2.05) is 0 Å². The maximum absolute atomic E-state index is 12.7. The third-order valence-corrected chi connectivity index (χ3v) is 5.70. The quantitative estimate of drug-likeness (QED) is 0.113. The lowest BCUT2D eigenvalue weighted by Gasteiger charge is -2.18. The lowest BCUT2D eigenvalue weighted by Crippen LogP contribution is -2.45. The van der Waals surface area contributed by atoms with E-state index in [2.05, 4.69) is 35.3 Å². The number of phosphoric acid groups is 1. The number of carbonyl (C=O) groups excluding carboxylic acids is 1. The van der Waals surface area contributed by atoms with Gasteiger partial charge in [0.05, 0.1) is 18.6 Å². The van der Waals surface area contributed by atoms with Gasteiger partial charge in [0.2, 0.25) is 5.95 Å². The van der Waals surface area contributed by atoms with Gasteiger partial charge in [0.25, 0.3) is 11.5 Å². The molecule has 1 amide bonds. The number of aliphatic hydroxyl groups excluding tert-OH is 2. The monoisotopic (exact) mass is 528 g/mol. The average Bonchev–Trinajstić information content (AvgIpc) is 3.34. The second-order valence-corrected chi connectivity index (χ2v) is 8.91. The lowest BCUT2D eigenvalue weighted by atomic mass is 10.1. The minimum Gasteiger partial charge on any atom is -0.504 e. The Labute approximate surface area is 199 Å². The molecule has 3 aromatic rings. The first-order valence-electron chi connectivity index (χ1n) is 10.0. The van der Waals surface area contributed by atoms with E-state index >= 15 is 0 Å². The molecule has 1 aliphatic heterocycles. The Morgan fingerprint density at radius 2 is 2.06 bits per heavy atom. The van der Waals surface area contributed by atoms with Gasteiger partial charge in [-0.05, 0) is 6.92 Å². The summed E-state index contributed by atoms with van der Waals surface area (Å²) < 4.78 is 22.1. The number of H-pyrrole nitrogens is 1. The number of aliphatic hydroxyl groups is 2. The number of nitrogens with two attached hydrogens (primary N) is 1. The second kappa shape index (κ2) is 9.43. The van der Waals surface area contributed by atoms with E-state index in [0.29, 0.717) is 0 Å². The van der Waals surface area contributed by atoms with Gasteiger partial charge in [0.15, 0.2) is 29.2 Å². The van der Waals surface area contributed by atoms with Gasteiger partial charge in [-0.2, -0.15) is 4.98 Å². The average molecular weight is 528 g/mol. The molecule has 10 N–H and O–H groups in total. The summed E-state index contributed by atoms with van der Waals surface area (Å²) >= 11 is 0. The molecule has 4 atom stereocenters. The Hall–Kier alpha value is -3.64. The number of aromatic nitrogens is 5.